The number of hydrogen-bond acceptors (Lipinski definition) is 2. The van der Waals surface area contributed by atoms with Gasteiger partial charge in [0.25, 0.3) is 0 Å². The third kappa shape index (κ3) is 3.37. The topological polar surface area (TPSA) is 24.4 Å². The first kappa shape index (κ1) is 11.0. The van der Waals surface area contributed by atoms with Gasteiger partial charge >= 0.3 is 6.18 Å². The van der Waals surface area contributed by atoms with Crippen LogP contribution in [-0.4, -0.2) is 10.8 Å². The van der Waals surface area contributed by atoms with Crippen molar-refractivity contribution in [2.45, 2.75) is 6.18 Å². The Hall–Kier alpha value is -1.04. The predicted octanol–water partition coefficient (Wildman–Crippen LogP) is 3.37. The first-order valence-electron chi connectivity index (χ1n) is 3.61. The fourth-order valence-electron chi connectivity index (χ4n) is 0.690. The highest BCUT2D eigenvalue weighted by atomic mass is 79.9. The molecule has 0 aliphatic rings. The molecule has 0 saturated heterocycles. The van der Waals surface area contributed by atoms with Gasteiger partial charge in [0.15, 0.2) is 0 Å². The second-order valence-electron chi connectivity index (χ2n) is 2.38. The molecule has 0 aliphatic heterocycles. The summed E-state index contributed by atoms with van der Waals surface area (Å²) in [6.07, 6.45) is -4.46. The number of nitrogens with one attached hydrogen (secondary N) is 1. The molecule has 0 radical (unpaired) electrons. The van der Waals surface area contributed by atoms with E-state index in [1.54, 1.807) is 30.3 Å². The zero-order chi connectivity index (χ0) is 10.6. The van der Waals surface area contributed by atoms with Crippen LogP contribution in [0.15, 0.2) is 35.4 Å². The summed E-state index contributed by atoms with van der Waals surface area (Å²) in [6.45, 7) is 0. The molecule has 0 spiro atoms. The van der Waals surface area contributed by atoms with Gasteiger partial charge in [0.2, 0.25) is 4.62 Å². The Morgan fingerprint density at radius 3 is 2.29 bits per heavy atom. The van der Waals surface area contributed by atoms with E-state index in [2.05, 4.69) is 26.5 Å². The smallest absolute Gasteiger partial charge is 0.277 e. The highest BCUT2D eigenvalue weighted by Crippen LogP contribution is 2.21. The van der Waals surface area contributed by atoms with Crippen molar-refractivity contribution in [1.29, 1.82) is 0 Å². The predicted molar refractivity (Wildman–Crippen MR) is 52.5 cm³/mol. The van der Waals surface area contributed by atoms with Crippen LogP contribution >= 0.6 is 15.9 Å². The van der Waals surface area contributed by atoms with Crippen LogP contribution < -0.4 is 5.43 Å². The van der Waals surface area contributed by atoms with Gasteiger partial charge in [0.05, 0.1) is 5.69 Å². The summed E-state index contributed by atoms with van der Waals surface area (Å²) in [5.74, 6) is 0. The molecule has 0 amide bonds. The maximum Gasteiger partial charge on any atom is 0.441 e. The molecule has 2 nitrogen and oxygen atoms in total. The number of rotatable bonds is 2. The first-order valence-corrected chi connectivity index (χ1v) is 4.41. The van der Waals surface area contributed by atoms with Gasteiger partial charge < -0.3 is 0 Å². The number of benzene rings is 1. The molecule has 1 aromatic carbocycles. The Kier molecular flexibility index (Phi) is 3.51. The maximum absolute atomic E-state index is 11.9. The highest BCUT2D eigenvalue weighted by molar-refractivity contribution is 9.18. The number of nitrogens with zero attached hydrogens (tertiary/aromatic N) is 1. The molecule has 0 aliphatic carbocycles. The van der Waals surface area contributed by atoms with E-state index in [-0.39, 0.29) is 0 Å². The van der Waals surface area contributed by atoms with E-state index in [9.17, 15) is 13.2 Å². The van der Waals surface area contributed by atoms with Crippen molar-refractivity contribution < 1.29 is 13.2 Å². The van der Waals surface area contributed by atoms with Gasteiger partial charge in [-0.15, -0.1) is 0 Å². The Morgan fingerprint density at radius 2 is 1.79 bits per heavy atom. The molecule has 0 heterocycles. The molecule has 0 atom stereocenters. The monoisotopic (exact) mass is 266 g/mol. The lowest BCUT2D eigenvalue weighted by molar-refractivity contribution is -0.0551. The number of halogens is 4. The molecule has 1 N–H and O–H groups in total. The average Bonchev–Trinajstić information content (AvgIpc) is 2.14. The zero-order valence-corrected chi connectivity index (χ0v) is 8.43. The van der Waals surface area contributed by atoms with Crippen molar-refractivity contribution in [3.05, 3.63) is 30.3 Å². The molecule has 6 heteroatoms. The van der Waals surface area contributed by atoms with E-state index in [4.69, 9.17) is 0 Å². The Bertz CT molecular complexity index is 321. The quantitative estimate of drug-likeness (QED) is 0.644. The lowest BCUT2D eigenvalue weighted by atomic mass is 10.3. The van der Waals surface area contributed by atoms with Crippen LogP contribution in [0.2, 0.25) is 0 Å². The molecule has 0 bridgehead atoms. The van der Waals surface area contributed by atoms with Crippen molar-refractivity contribution in [3.63, 3.8) is 0 Å². The second-order valence-corrected chi connectivity index (χ2v) is 3.13. The van der Waals surface area contributed by atoms with Crippen molar-refractivity contribution >= 4 is 26.2 Å². The zero-order valence-electron chi connectivity index (χ0n) is 6.85. The summed E-state index contributed by atoms with van der Waals surface area (Å²) in [6, 6.07) is 8.37. The van der Waals surface area contributed by atoms with E-state index in [0.29, 0.717) is 5.69 Å². The van der Waals surface area contributed by atoms with Gasteiger partial charge in [-0.2, -0.15) is 18.3 Å². The molecule has 14 heavy (non-hydrogen) atoms. The van der Waals surface area contributed by atoms with Gasteiger partial charge in [-0.25, -0.2) is 0 Å². The van der Waals surface area contributed by atoms with Crippen molar-refractivity contribution in [1.82, 2.24) is 0 Å². The summed E-state index contributed by atoms with van der Waals surface area (Å²) in [5, 5.41) is 3.12. The summed E-state index contributed by atoms with van der Waals surface area (Å²) in [7, 11) is 0. The largest absolute Gasteiger partial charge is 0.441 e. The fraction of sp³-hybridized carbons (Fsp3) is 0.125. The van der Waals surface area contributed by atoms with Crippen LogP contribution in [0.4, 0.5) is 18.9 Å². The van der Waals surface area contributed by atoms with Crippen molar-refractivity contribution in [3.8, 4) is 0 Å². The highest BCUT2D eigenvalue weighted by Gasteiger charge is 2.34. The van der Waals surface area contributed by atoms with Crippen molar-refractivity contribution in [2.24, 2.45) is 5.10 Å². The number of hydrogen-bond donors (Lipinski definition) is 1. The summed E-state index contributed by atoms with van der Waals surface area (Å²) < 4.78 is 34.7. The van der Waals surface area contributed by atoms with Gasteiger partial charge in [0.1, 0.15) is 0 Å². The van der Waals surface area contributed by atoms with Crippen LogP contribution in [0.25, 0.3) is 0 Å². The lowest BCUT2D eigenvalue weighted by Crippen LogP contribution is -2.17. The van der Waals surface area contributed by atoms with E-state index in [1.807, 2.05) is 0 Å². The SMILES string of the molecule is FC(F)(F)C(Br)=NNc1ccccc1. The van der Waals surface area contributed by atoms with E-state index >= 15 is 0 Å². The van der Waals surface area contributed by atoms with Crippen LogP contribution in [0.5, 0.6) is 0 Å². The van der Waals surface area contributed by atoms with Crippen LogP contribution in [0.3, 0.4) is 0 Å². The average molecular weight is 267 g/mol. The van der Waals surface area contributed by atoms with Crippen molar-refractivity contribution in [2.75, 3.05) is 5.43 Å². The number of hydrazone groups is 1. The van der Waals surface area contributed by atoms with Crippen LogP contribution in [0.1, 0.15) is 0 Å². The normalized spacial score (nSPS) is 12.7. The molecule has 0 saturated carbocycles. The number of alkyl halides is 3. The standard InChI is InChI=1S/C8H6BrF3N2/c9-7(8(10,11)12)14-13-6-4-2-1-3-5-6/h1-5,13H. The van der Waals surface area contributed by atoms with E-state index < -0.39 is 10.8 Å². The Morgan fingerprint density at radius 1 is 1.21 bits per heavy atom. The minimum Gasteiger partial charge on any atom is -0.277 e. The van der Waals surface area contributed by atoms with Gasteiger partial charge in [-0.1, -0.05) is 18.2 Å². The summed E-state index contributed by atoms with van der Waals surface area (Å²) in [4.78, 5) is 0. The summed E-state index contributed by atoms with van der Waals surface area (Å²) in [5.41, 5.74) is 2.77. The summed E-state index contributed by atoms with van der Waals surface area (Å²) >= 11 is 2.32. The maximum atomic E-state index is 11.9. The Labute approximate surface area is 86.9 Å². The van der Waals surface area contributed by atoms with Gasteiger partial charge in [0, 0.05) is 0 Å². The molecule has 0 aromatic heterocycles. The number of para-hydroxylation sites is 1. The fourth-order valence-corrected chi connectivity index (χ4v) is 0.778. The first-order chi connectivity index (χ1) is 6.50. The molecular weight excluding hydrogens is 261 g/mol. The molecule has 0 unspecified atom stereocenters. The van der Waals surface area contributed by atoms with Crippen LogP contribution in [0, 0.1) is 0 Å². The molecule has 76 valence electrons. The molecule has 1 aromatic rings. The van der Waals surface area contributed by atoms with Crippen LogP contribution in [-0.2, 0) is 0 Å². The third-order valence-corrected chi connectivity index (χ3v) is 1.92. The minimum absolute atomic E-state index is 0.494. The molecule has 1 rings (SSSR count). The second kappa shape index (κ2) is 4.45. The minimum atomic E-state index is -4.46. The molecule has 0 fully saturated rings. The lowest BCUT2D eigenvalue weighted by Gasteiger charge is -2.04. The third-order valence-electron chi connectivity index (χ3n) is 1.29. The van der Waals surface area contributed by atoms with E-state index in [1.165, 1.54) is 0 Å². The van der Waals surface area contributed by atoms with Gasteiger partial charge in [-0.05, 0) is 28.1 Å². The van der Waals surface area contributed by atoms with Gasteiger partial charge in [-0.3, -0.25) is 5.43 Å². The number of anilines is 1. The molecular formula is C8H6BrF3N2. The van der Waals surface area contributed by atoms with E-state index in [0.717, 1.165) is 0 Å². The Balaban J connectivity index is 2.65.